The maximum Gasteiger partial charge on any atom is 0.0948 e. The quantitative estimate of drug-likeness (QED) is 0.216. The zero-order chi connectivity index (χ0) is 53.8. The molecule has 0 radical (unpaired) electrons. The second kappa shape index (κ2) is 39.4. The van der Waals surface area contributed by atoms with E-state index in [4.69, 9.17) is 0 Å². The lowest BCUT2D eigenvalue weighted by Gasteiger charge is -2.19. The third-order valence-corrected chi connectivity index (χ3v) is 13.0. The van der Waals surface area contributed by atoms with Gasteiger partial charge >= 0.3 is 0 Å². The van der Waals surface area contributed by atoms with Crippen molar-refractivity contribution >= 4 is 6.34 Å². The average Bonchev–Trinajstić information content (AvgIpc) is 4.22. The van der Waals surface area contributed by atoms with Gasteiger partial charge in [0.2, 0.25) is 0 Å². The first-order valence-electron chi connectivity index (χ1n) is 28.1. The molecule has 14 heteroatoms. The molecular weight excluding hydrogens is 893 g/mol. The lowest BCUT2D eigenvalue weighted by Crippen LogP contribution is -2.29. The fourth-order valence-corrected chi connectivity index (χ4v) is 7.77. The van der Waals surface area contributed by atoms with Crippen molar-refractivity contribution in [1.29, 1.82) is 0 Å². The molecule has 3 aromatic heterocycles. The summed E-state index contributed by atoms with van der Waals surface area (Å²) in [6.45, 7) is 52.6. The number of aromatic nitrogens is 5. The van der Waals surface area contributed by atoms with Gasteiger partial charge in [0.15, 0.2) is 0 Å². The van der Waals surface area contributed by atoms with E-state index in [2.05, 4.69) is 220 Å². The van der Waals surface area contributed by atoms with Crippen molar-refractivity contribution in [3.05, 3.63) is 86.4 Å². The zero-order valence-electron chi connectivity index (χ0n) is 49.5. The molecule has 3 aromatic rings. The number of nitrogens with one attached hydrogen (secondary N) is 2. The van der Waals surface area contributed by atoms with Gasteiger partial charge in [0.25, 0.3) is 0 Å². The van der Waals surface area contributed by atoms with E-state index in [1.54, 1.807) is 12.4 Å². The minimum atomic E-state index is 0.491. The Balaban J connectivity index is 0.000000405. The van der Waals surface area contributed by atoms with Crippen LogP contribution in [0.1, 0.15) is 175 Å². The van der Waals surface area contributed by atoms with Gasteiger partial charge in [-0.05, 0) is 207 Å². The van der Waals surface area contributed by atoms with Crippen molar-refractivity contribution in [2.45, 2.75) is 211 Å². The summed E-state index contributed by atoms with van der Waals surface area (Å²) in [5.74, 6) is 0. The predicted molar refractivity (Wildman–Crippen MR) is 312 cm³/mol. The van der Waals surface area contributed by atoms with Crippen LogP contribution >= 0.6 is 0 Å². The van der Waals surface area contributed by atoms with E-state index >= 15 is 0 Å². The van der Waals surface area contributed by atoms with Gasteiger partial charge in [-0.1, -0.05) is 6.08 Å². The van der Waals surface area contributed by atoms with Crippen LogP contribution in [0.5, 0.6) is 0 Å². The molecule has 6 aliphatic rings. The second-order valence-corrected chi connectivity index (χ2v) is 21.8. The van der Waals surface area contributed by atoms with Crippen LogP contribution < -0.4 is 10.6 Å². The van der Waals surface area contributed by atoms with Gasteiger partial charge in [-0.3, -0.25) is 14.6 Å². The molecule has 9 rings (SSSR count). The smallest absolute Gasteiger partial charge is 0.0948 e. The Kier molecular flexibility index (Phi) is 36.0. The molecule has 0 aliphatic carbocycles. The molecule has 0 saturated carbocycles. The molecule has 3 saturated heterocycles. The molecule has 2 N–H and O–H groups in total. The van der Waals surface area contributed by atoms with Gasteiger partial charge in [0.05, 0.1) is 25.9 Å². The van der Waals surface area contributed by atoms with E-state index in [-0.39, 0.29) is 0 Å². The number of hydrogen-bond acceptors (Lipinski definition) is 11. The number of aliphatic imine (C=N–C) groups is 1. The fourth-order valence-electron chi connectivity index (χ4n) is 7.77. The fraction of sp³-hybridized carbons (Fsp3) is 0.741. The zero-order valence-corrected chi connectivity index (χ0v) is 49.5. The highest BCUT2D eigenvalue weighted by atomic mass is 15.3. The Morgan fingerprint density at radius 1 is 0.444 bits per heavy atom. The van der Waals surface area contributed by atoms with Crippen molar-refractivity contribution in [2.24, 2.45) is 4.99 Å². The second-order valence-electron chi connectivity index (χ2n) is 21.8. The van der Waals surface area contributed by atoms with Crippen LogP contribution in [-0.2, 0) is 0 Å². The van der Waals surface area contributed by atoms with Crippen molar-refractivity contribution in [1.82, 2.24) is 63.9 Å². The van der Waals surface area contributed by atoms with Gasteiger partial charge in [-0.2, -0.15) is 5.10 Å². The molecular formula is C58H112N14. The summed E-state index contributed by atoms with van der Waals surface area (Å²) in [6.07, 6.45) is 30.8. The molecule has 6 aliphatic heterocycles. The molecule has 0 spiro atoms. The van der Waals surface area contributed by atoms with Gasteiger partial charge in [-0.25, -0.2) is 4.98 Å². The number of imidazole rings is 1. The normalized spacial score (nSPS) is 17.2. The summed E-state index contributed by atoms with van der Waals surface area (Å²) in [6, 6.07) is 11.9. The Morgan fingerprint density at radius 2 is 1.00 bits per heavy atom. The minimum absolute atomic E-state index is 0.491. The van der Waals surface area contributed by atoms with Crippen LogP contribution in [-0.4, -0.2) is 168 Å². The highest BCUT2D eigenvalue weighted by Crippen LogP contribution is 2.11. The van der Waals surface area contributed by atoms with Gasteiger partial charge in [0.1, 0.15) is 0 Å². The first-order chi connectivity index (χ1) is 34.2. The summed E-state index contributed by atoms with van der Waals surface area (Å²) in [5.41, 5.74) is 0. The standard InChI is InChI=1S/2C7H15N.C7H13N.C7H11N.C6H14N2.2C6H12N2.2C6H10N2/c4*1-7(2)8-5-3-4-6-8;4*1-6(2)8-4-3-7-5-8;1-6(2)8-5-3-4-7-8/h2*7H,3-6H2,1-2H3;3,5,7H,4,6H2,1-2H3;3-7H,1-2H3;6-7H,3-5H2,1-2H3;5-6H,3-4H2,1-2H3;3-4,6-7H,5H2,1-2H3;2*3-6H,1-2H3. The first-order valence-corrected chi connectivity index (χ1v) is 28.1. The Labute approximate surface area is 443 Å². The molecule has 3 fully saturated rings. The molecule has 0 atom stereocenters. The third-order valence-electron chi connectivity index (χ3n) is 13.0. The summed E-state index contributed by atoms with van der Waals surface area (Å²) in [7, 11) is 0. The minimum Gasteiger partial charge on any atom is -0.375 e. The molecule has 0 unspecified atom stereocenters. The molecule has 414 valence electrons. The van der Waals surface area contributed by atoms with E-state index in [9.17, 15) is 0 Å². The van der Waals surface area contributed by atoms with E-state index in [0.29, 0.717) is 42.3 Å². The molecule has 0 aromatic carbocycles. The predicted octanol–water partition coefficient (Wildman–Crippen LogP) is 11.3. The van der Waals surface area contributed by atoms with Crippen molar-refractivity contribution in [3.8, 4) is 0 Å². The van der Waals surface area contributed by atoms with Crippen LogP contribution in [0.3, 0.4) is 0 Å². The van der Waals surface area contributed by atoms with E-state index in [1.807, 2.05) is 54.1 Å². The van der Waals surface area contributed by atoms with Crippen molar-refractivity contribution in [3.63, 3.8) is 0 Å². The highest BCUT2D eigenvalue weighted by molar-refractivity contribution is 5.57. The Morgan fingerprint density at radius 3 is 1.22 bits per heavy atom. The molecule has 0 amide bonds. The maximum atomic E-state index is 4.09. The van der Waals surface area contributed by atoms with Crippen molar-refractivity contribution in [2.75, 3.05) is 72.2 Å². The van der Waals surface area contributed by atoms with Crippen LogP contribution in [0, 0.1) is 0 Å². The topological polar surface area (TPSA) is 96.4 Å². The summed E-state index contributed by atoms with van der Waals surface area (Å²) >= 11 is 0. The van der Waals surface area contributed by atoms with Crippen LogP contribution in [0.2, 0.25) is 0 Å². The monoisotopic (exact) mass is 1000 g/mol. The maximum absolute atomic E-state index is 4.09. The summed E-state index contributed by atoms with van der Waals surface area (Å²) < 4.78 is 6.14. The van der Waals surface area contributed by atoms with E-state index < -0.39 is 0 Å². The number of rotatable bonds is 9. The molecule has 72 heavy (non-hydrogen) atoms. The van der Waals surface area contributed by atoms with Crippen LogP contribution in [0.15, 0.2) is 91.4 Å². The molecule has 14 nitrogen and oxygen atoms in total. The number of likely N-dealkylation sites (tertiary alicyclic amines) is 2. The van der Waals surface area contributed by atoms with Gasteiger partial charge in [-0.15, -0.1) is 0 Å². The average molecular weight is 1010 g/mol. The van der Waals surface area contributed by atoms with Crippen LogP contribution in [0.25, 0.3) is 0 Å². The summed E-state index contributed by atoms with van der Waals surface area (Å²) in [5, 5.41) is 10.4. The largest absolute Gasteiger partial charge is 0.375 e. The third kappa shape index (κ3) is 30.8. The van der Waals surface area contributed by atoms with E-state index in [1.165, 1.54) is 71.4 Å². The Bertz CT molecular complexity index is 1490. The first kappa shape index (κ1) is 65.9. The number of hydrogen-bond donors (Lipinski definition) is 2. The lowest BCUT2D eigenvalue weighted by molar-refractivity contribution is 0.273. The Hall–Kier alpha value is -4.11. The molecule has 0 bridgehead atoms. The van der Waals surface area contributed by atoms with E-state index in [0.717, 1.165) is 45.1 Å². The summed E-state index contributed by atoms with van der Waals surface area (Å²) in [4.78, 5) is 22.3. The highest BCUT2D eigenvalue weighted by Gasteiger charge is 2.15. The van der Waals surface area contributed by atoms with Crippen LogP contribution in [0.4, 0.5) is 0 Å². The van der Waals surface area contributed by atoms with Crippen molar-refractivity contribution < 1.29 is 0 Å². The molecule has 9 heterocycles. The lowest BCUT2D eigenvalue weighted by atomic mass is 10.3. The number of nitrogens with zero attached hydrogens (tertiary/aromatic N) is 12. The SMILES string of the molecule is CC(C)N1C=CCC1.CC(C)N1C=CNC1.CC(C)N1C=NCC1.CC(C)N1CCCC1.CC(C)N1CCCC1.CC(C)N1CCNC1.CC(C)n1cccc1.CC(C)n1cccn1.CC(C)n1ccnc1. The van der Waals surface area contributed by atoms with Gasteiger partial charge in [0, 0.05) is 137 Å². The van der Waals surface area contributed by atoms with Gasteiger partial charge < -0.3 is 44.3 Å².